The van der Waals surface area contributed by atoms with E-state index in [1.54, 1.807) is 0 Å². The molecule has 0 atom stereocenters. The lowest BCUT2D eigenvalue weighted by molar-refractivity contribution is 1.60. The maximum absolute atomic E-state index is 2.16. The van der Waals surface area contributed by atoms with Crippen molar-refractivity contribution in [1.29, 1.82) is 0 Å². The molecule has 0 fully saturated rings. The summed E-state index contributed by atoms with van der Waals surface area (Å²) in [6.45, 7) is 0. The van der Waals surface area contributed by atoms with Gasteiger partial charge in [0, 0.05) is 0 Å². The molecule has 15 aromatic carbocycles. The highest BCUT2D eigenvalue weighted by molar-refractivity contribution is 5.81. The van der Waals surface area contributed by atoms with E-state index in [2.05, 4.69) is 510 Å². The van der Waals surface area contributed by atoms with Crippen LogP contribution in [0.3, 0.4) is 0 Å². The van der Waals surface area contributed by atoms with Crippen molar-refractivity contribution in [1.82, 2.24) is 0 Å². The lowest BCUT2D eigenvalue weighted by atomic mass is 10.1. The minimum atomic E-state index is 1.18. The summed E-state index contributed by atoms with van der Waals surface area (Å²) in [5.41, 5.74) is 28.7. The van der Waals surface area contributed by atoms with Gasteiger partial charge >= 0.3 is 0 Å². The van der Waals surface area contributed by atoms with Crippen LogP contribution in [0.25, 0.3) is 146 Å². The summed E-state index contributed by atoms with van der Waals surface area (Å²) in [4.78, 5) is 0. The molecule has 0 nitrogen and oxygen atoms in total. The molecule has 15 rings (SSSR count). The predicted molar refractivity (Wildman–Crippen MR) is 504 cm³/mol. The molecule has 15 aromatic rings. The van der Waals surface area contributed by atoms with Crippen LogP contribution in [0.15, 0.2) is 400 Å². The fourth-order valence-electron chi connectivity index (χ4n) is 12.2. The van der Waals surface area contributed by atoms with E-state index in [1.165, 1.54) is 134 Å². The largest absolute Gasteiger partial charge is 0.0622 e. The van der Waals surface area contributed by atoms with Crippen LogP contribution in [0, 0.1) is 0 Å². The van der Waals surface area contributed by atoms with Gasteiger partial charge in [0.1, 0.15) is 0 Å². The van der Waals surface area contributed by atoms with E-state index in [0.717, 1.165) is 0 Å². The van der Waals surface area contributed by atoms with Crippen molar-refractivity contribution >= 4 is 146 Å². The zero-order valence-corrected chi connectivity index (χ0v) is 64.0. The topological polar surface area (TPSA) is 0 Å². The van der Waals surface area contributed by atoms with Gasteiger partial charge in [0.2, 0.25) is 0 Å². The summed E-state index contributed by atoms with van der Waals surface area (Å²) >= 11 is 0. The first-order valence-corrected chi connectivity index (χ1v) is 38.8. The van der Waals surface area contributed by atoms with Crippen molar-refractivity contribution in [2.24, 2.45) is 0 Å². The van der Waals surface area contributed by atoms with Gasteiger partial charge in [0.25, 0.3) is 0 Å². The standard InChI is InChI=1S/3C38H30/c3*1-3-7-31(8-4-1)11-13-33-15-19-35(20-16-33)23-25-37-27-29-38(30-28-37)26-24-36-21-17-34(18-22-36)14-12-32-9-5-2-6-10-32/h3*1-30H/b3*13-11+,14-12+,25-23+,26-24+. The van der Waals surface area contributed by atoms with E-state index in [4.69, 9.17) is 0 Å². The second-order valence-corrected chi connectivity index (χ2v) is 27.5. The summed E-state index contributed by atoms with van der Waals surface area (Å²) in [7, 11) is 0. The molecule has 0 spiro atoms. The quantitative estimate of drug-likeness (QED) is 0.0529. The van der Waals surface area contributed by atoms with Crippen LogP contribution in [0.5, 0.6) is 0 Å². The molecular weight excluding hydrogens is 1370 g/mol. The third-order valence-corrected chi connectivity index (χ3v) is 18.8. The van der Waals surface area contributed by atoms with Gasteiger partial charge in [-0.25, -0.2) is 0 Å². The average Bonchev–Trinajstić information content (AvgIpc) is 0.861. The number of benzene rings is 15. The van der Waals surface area contributed by atoms with Gasteiger partial charge in [-0.15, -0.1) is 0 Å². The van der Waals surface area contributed by atoms with Crippen molar-refractivity contribution in [3.8, 4) is 0 Å². The third kappa shape index (κ3) is 26.8. The average molecular weight is 1460 g/mol. The number of rotatable bonds is 24. The molecule has 0 aromatic heterocycles. The van der Waals surface area contributed by atoms with Crippen molar-refractivity contribution in [3.05, 3.63) is 534 Å². The summed E-state index contributed by atoms with van der Waals surface area (Å²) in [5.74, 6) is 0. The molecule has 0 aliphatic heterocycles. The third-order valence-electron chi connectivity index (χ3n) is 18.8. The lowest BCUT2D eigenvalue weighted by Crippen LogP contribution is -1.78. The molecule has 546 valence electrons. The normalized spacial score (nSPS) is 11.8. The van der Waals surface area contributed by atoms with Crippen molar-refractivity contribution in [3.63, 3.8) is 0 Å². The van der Waals surface area contributed by atoms with Crippen LogP contribution in [0.4, 0.5) is 0 Å². The molecule has 0 saturated carbocycles. The molecule has 0 aliphatic rings. The maximum Gasteiger partial charge on any atom is -0.0256 e. The first-order valence-electron chi connectivity index (χ1n) is 38.8. The molecule has 0 unspecified atom stereocenters. The van der Waals surface area contributed by atoms with Crippen molar-refractivity contribution < 1.29 is 0 Å². The fraction of sp³-hybridized carbons (Fsp3) is 0. The van der Waals surface area contributed by atoms with Crippen LogP contribution in [-0.4, -0.2) is 0 Å². The van der Waals surface area contributed by atoms with Crippen LogP contribution in [0.1, 0.15) is 134 Å². The monoisotopic (exact) mass is 1460 g/mol. The highest BCUT2D eigenvalue weighted by Crippen LogP contribution is 2.22. The first-order chi connectivity index (χ1) is 56.4. The van der Waals surface area contributed by atoms with E-state index < -0.39 is 0 Å². The Morgan fingerprint density at radius 3 is 0.175 bits per heavy atom. The Morgan fingerprint density at radius 1 is 0.0614 bits per heavy atom. The molecule has 0 heteroatoms. The Morgan fingerprint density at radius 2 is 0.114 bits per heavy atom. The predicted octanol–water partition coefficient (Wildman–Crippen LogP) is 31.1. The summed E-state index contributed by atoms with van der Waals surface area (Å²) < 4.78 is 0. The van der Waals surface area contributed by atoms with Crippen LogP contribution in [-0.2, 0) is 0 Å². The minimum Gasteiger partial charge on any atom is -0.0622 e. The molecular formula is C114H90. The van der Waals surface area contributed by atoms with Gasteiger partial charge in [-0.1, -0.05) is 546 Å². The molecule has 0 aliphatic carbocycles. The van der Waals surface area contributed by atoms with Gasteiger partial charge in [-0.05, 0) is 134 Å². The zero-order chi connectivity index (χ0) is 77.5. The lowest BCUT2D eigenvalue weighted by Gasteiger charge is -1.99. The zero-order valence-electron chi connectivity index (χ0n) is 64.0. The maximum atomic E-state index is 2.16. The molecule has 0 bridgehead atoms. The molecule has 114 heavy (non-hydrogen) atoms. The SMILES string of the molecule is C(=C\c1ccc(/C=C/c2ccc(/C=C/c3ccc(/C=C/c4ccccc4)cc3)cc2)cc1)/c1ccccc1.C(=C\c1ccc(/C=C/c2ccc(/C=C/c3ccc(/C=C/c4ccccc4)cc3)cc2)cc1)/c1ccccc1.C(=C\c1ccc(/C=C/c2ccc(/C=C/c3ccc(/C=C/c4ccccc4)cc3)cc2)cc1)/c1ccccc1. The van der Waals surface area contributed by atoms with E-state index >= 15 is 0 Å². The summed E-state index contributed by atoms with van der Waals surface area (Å²) in [6, 6.07) is 140. The van der Waals surface area contributed by atoms with Gasteiger partial charge in [0.05, 0.1) is 0 Å². The second kappa shape index (κ2) is 42.8. The Bertz CT molecular complexity index is 4810. The van der Waals surface area contributed by atoms with E-state index in [0.29, 0.717) is 0 Å². The van der Waals surface area contributed by atoms with Crippen LogP contribution in [0.2, 0.25) is 0 Å². The second-order valence-electron chi connectivity index (χ2n) is 27.5. The number of hydrogen-bond donors (Lipinski definition) is 0. The summed E-state index contributed by atoms with van der Waals surface area (Å²) in [5, 5.41) is 0. The highest BCUT2D eigenvalue weighted by Gasteiger charge is 2.00. The smallest absolute Gasteiger partial charge is 0.0256 e. The molecule has 0 radical (unpaired) electrons. The molecule has 0 heterocycles. The summed E-state index contributed by atoms with van der Waals surface area (Å²) in [6.07, 6.45) is 51.6. The van der Waals surface area contributed by atoms with Crippen LogP contribution < -0.4 is 0 Å². The Balaban J connectivity index is 0.000000149. The molecule has 0 saturated heterocycles. The van der Waals surface area contributed by atoms with Crippen LogP contribution >= 0.6 is 0 Å². The Hall–Kier alpha value is -14.8. The van der Waals surface area contributed by atoms with E-state index in [-0.39, 0.29) is 0 Å². The number of hydrogen-bond acceptors (Lipinski definition) is 0. The minimum absolute atomic E-state index is 1.18. The van der Waals surface area contributed by atoms with Gasteiger partial charge in [-0.3, -0.25) is 0 Å². The molecule has 0 amide bonds. The molecule has 0 N–H and O–H groups in total. The Labute approximate surface area is 675 Å². The first kappa shape index (κ1) is 77.3. The van der Waals surface area contributed by atoms with Crippen molar-refractivity contribution in [2.45, 2.75) is 0 Å². The van der Waals surface area contributed by atoms with E-state index in [1.807, 2.05) is 36.4 Å². The fourth-order valence-corrected chi connectivity index (χ4v) is 12.2. The van der Waals surface area contributed by atoms with Gasteiger partial charge in [-0.2, -0.15) is 0 Å². The Kier molecular flexibility index (Phi) is 29.0. The van der Waals surface area contributed by atoms with E-state index in [9.17, 15) is 0 Å². The van der Waals surface area contributed by atoms with Gasteiger partial charge in [0.15, 0.2) is 0 Å². The highest BCUT2D eigenvalue weighted by atomic mass is 14.1. The van der Waals surface area contributed by atoms with Gasteiger partial charge < -0.3 is 0 Å². The van der Waals surface area contributed by atoms with Crippen molar-refractivity contribution in [2.75, 3.05) is 0 Å².